The Bertz CT molecular complexity index is 777. The second-order valence-corrected chi connectivity index (χ2v) is 8.21. The molecule has 2 heterocycles. The maximum atomic E-state index is 12.4. The number of nitrogens with zero attached hydrogens (tertiary/aromatic N) is 3. The van der Waals surface area contributed by atoms with Crippen molar-refractivity contribution in [1.29, 1.82) is 0 Å². The zero-order valence-corrected chi connectivity index (χ0v) is 15.0. The van der Waals surface area contributed by atoms with Crippen LogP contribution in [-0.4, -0.2) is 15.5 Å². The van der Waals surface area contributed by atoms with Gasteiger partial charge in [-0.15, -0.1) is 11.3 Å². The molecule has 0 N–H and O–H groups in total. The fourth-order valence-corrected chi connectivity index (χ4v) is 3.87. The Hall–Kier alpha value is -1.75. The summed E-state index contributed by atoms with van der Waals surface area (Å²) in [7, 11) is 0. The molecule has 2 aromatic heterocycles. The summed E-state index contributed by atoms with van der Waals surface area (Å²) in [6.07, 6.45) is 4.18. The van der Waals surface area contributed by atoms with Gasteiger partial charge in [0, 0.05) is 23.3 Å². The number of aromatic nitrogens is 2. The molecule has 0 saturated heterocycles. The maximum Gasteiger partial charge on any atom is 0.298 e. The van der Waals surface area contributed by atoms with Crippen molar-refractivity contribution in [1.82, 2.24) is 9.55 Å². The summed E-state index contributed by atoms with van der Waals surface area (Å²) in [4.78, 5) is 23.0. The molecule has 1 saturated carbocycles. The van der Waals surface area contributed by atoms with Gasteiger partial charge in [0.15, 0.2) is 4.80 Å². The van der Waals surface area contributed by atoms with Crippen LogP contribution in [0.4, 0.5) is 0 Å². The quantitative estimate of drug-likeness (QED) is 0.862. The van der Waals surface area contributed by atoms with Gasteiger partial charge >= 0.3 is 0 Å². The molecule has 4 nitrogen and oxygen atoms in total. The Morgan fingerprint density at radius 3 is 2.70 bits per heavy atom. The van der Waals surface area contributed by atoms with E-state index in [0.29, 0.717) is 5.69 Å². The van der Waals surface area contributed by atoms with E-state index in [0.717, 1.165) is 17.3 Å². The van der Waals surface area contributed by atoms with Gasteiger partial charge in [-0.1, -0.05) is 26.8 Å². The molecule has 0 atom stereocenters. The van der Waals surface area contributed by atoms with Crippen molar-refractivity contribution in [2.75, 3.05) is 0 Å². The van der Waals surface area contributed by atoms with E-state index in [2.05, 4.69) is 42.2 Å². The van der Waals surface area contributed by atoms with E-state index < -0.39 is 0 Å². The van der Waals surface area contributed by atoms with Crippen LogP contribution in [0.1, 0.15) is 54.7 Å². The molecule has 0 spiro atoms. The first-order valence-corrected chi connectivity index (χ1v) is 8.88. The smallest absolute Gasteiger partial charge is 0.298 e. The second kappa shape index (κ2) is 6.04. The molecule has 0 aromatic carbocycles. The SMILES string of the molecule is Cc1c(C(C)(C)C)s/c(=N\C(=O)c2ccccn2)n1CC1CC1. The lowest BCUT2D eigenvalue weighted by atomic mass is 9.93. The molecule has 23 heavy (non-hydrogen) atoms. The van der Waals surface area contributed by atoms with Crippen LogP contribution in [0, 0.1) is 12.8 Å². The van der Waals surface area contributed by atoms with Gasteiger partial charge < -0.3 is 4.57 Å². The van der Waals surface area contributed by atoms with E-state index in [9.17, 15) is 4.79 Å². The topological polar surface area (TPSA) is 47.2 Å². The molecular weight excluding hydrogens is 306 g/mol. The summed E-state index contributed by atoms with van der Waals surface area (Å²) in [5.41, 5.74) is 1.69. The molecule has 5 heteroatoms. The van der Waals surface area contributed by atoms with Gasteiger partial charge in [-0.3, -0.25) is 9.78 Å². The number of amides is 1. The van der Waals surface area contributed by atoms with E-state index in [1.807, 2.05) is 6.07 Å². The van der Waals surface area contributed by atoms with E-state index in [-0.39, 0.29) is 11.3 Å². The zero-order chi connectivity index (χ0) is 16.6. The number of pyridine rings is 1. The molecule has 1 amide bonds. The summed E-state index contributed by atoms with van der Waals surface area (Å²) in [6, 6.07) is 5.33. The van der Waals surface area contributed by atoms with E-state index in [1.54, 1.807) is 29.7 Å². The van der Waals surface area contributed by atoms with Crippen LogP contribution in [0.3, 0.4) is 0 Å². The van der Waals surface area contributed by atoms with Crippen molar-refractivity contribution < 1.29 is 4.79 Å². The highest BCUT2D eigenvalue weighted by molar-refractivity contribution is 7.09. The fourth-order valence-electron chi connectivity index (χ4n) is 2.67. The Morgan fingerprint density at radius 1 is 1.39 bits per heavy atom. The van der Waals surface area contributed by atoms with Crippen LogP contribution in [0.2, 0.25) is 0 Å². The highest BCUT2D eigenvalue weighted by Gasteiger charge is 2.27. The molecule has 0 aliphatic heterocycles. The lowest BCUT2D eigenvalue weighted by molar-refractivity contribution is 0.0993. The maximum absolute atomic E-state index is 12.4. The summed E-state index contributed by atoms with van der Waals surface area (Å²) in [5.74, 6) is 0.469. The summed E-state index contributed by atoms with van der Waals surface area (Å²) < 4.78 is 2.23. The zero-order valence-electron chi connectivity index (χ0n) is 14.2. The Morgan fingerprint density at radius 2 is 2.13 bits per heavy atom. The first kappa shape index (κ1) is 16.1. The van der Waals surface area contributed by atoms with Gasteiger partial charge in [0.2, 0.25) is 0 Å². The van der Waals surface area contributed by atoms with Crippen molar-refractivity contribution >= 4 is 17.2 Å². The monoisotopic (exact) mass is 329 g/mol. The Balaban J connectivity index is 2.06. The summed E-state index contributed by atoms with van der Waals surface area (Å²) in [6.45, 7) is 9.73. The average molecular weight is 329 g/mol. The van der Waals surface area contributed by atoms with Gasteiger partial charge in [-0.25, -0.2) is 0 Å². The third-order valence-electron chi connectivity index (χ3n) is 4.06. The van der Waals surface area contributed by atoms with Crippen molar-refractivity contribution in [2.45, 2.75) is 52.5 Å². The highest BCUT2D eigenvalue weighted by atomic mass is 32.1. The predicted molar refractivity (Wildman–Crippen MR) is 92.6 cm³/mol. The van der Waals surface area contributed by atoms with Crippen LogP contribution in [0.5, 0.6) is 0 Å². The number of hydrogen-bond acceptors (Lipinski definition) is 3. The Kier molecular flexibility index (Phi) is 4.23. The number of hydrogen-bond donors (Lipinski definition) is 0. The van der Waals surface area contributed by atoms with Crippen LogP contribution in [-0.2, 0) is 12.0 Å². The molecular formula is C18H23N3OS. The fraction of sp³-hybridized carbons (Fsp3) is 0.500. The first-order valence-electron chi connectivity index (χ1n) is 8.07. The van der Waals surface area contributed by atoms with Crippen molar-refractivity contribution in [3.05, 3.63) is 45.5 Å². The molecule has 0 bridgehead atoms. The minimum Gasteiger partial charge on any atom is -0.320 e. The van der Waals surface area contributed by atoms with Gasteiger partial charge in [0.1, 0.15) is 5.69 Å². The normalized spacial score (nSPS) is 15.9. The van der Waals surface area contributed by atoms with Crippen molar-refractivity contribution in [3.63, 3.8) is 0 Å². The van der Waals surface area contributed by atoms with Gasteiger partial charge in [0.25, 0.3) is 5.91 Å². The summed E-state index contributed by atoms with van der Waals surface area (Å²) in [5, 5.41) is 0. The lowest BCUT2D eigenvalue weighted by Crippen LogP contribution is -2.20. The molecule has 0 unspecified atom stereocenters. The molecule has 0 radical (unpaired) electrons. The van der Waals surface area contributed by atoms with Crippen LogP contribution in [0.15, 0.2) is 29.4 Å². The number of carbonyl (C=O) groups excluding carboxylic acids is 1. The second-order valence-electron chi connectivity index (χ2n) is 7.24. The van der Waals surface area contributed by atoms with Gasteiger partial charge in [-0.2, -0.15) is 4.99 Å². The number of carbonyl (C=O) groups is 1. The predicted octanol–water partition coefficient (Wildman–Crippen LogP) is 3.70. The van der Waals surface area contributed by atoms with Gasteiger partial charge in [-0.05, 0) is 43.2 Å². The minimum absolute atomic E-state index is 0.0574. The Labute approximate surface area is 140 Å². The number of rotatable bonds is 3. The first-order chi connectivity index (χ1) is 10.9. The van der Waals surface area contributed by atoms with Gasteiger partial charge in [0.05, 0.1) is 0 Å². The van der Waals surface area contributed by atoms with Crippen LogP contribution in [0.25, 0.3) is 0 Å². The largest absolute Gasteiger partial charge is 0.320 e. The standard InChI is InChI=1S/C18H23N3OS/c1-12-15(18(2,3)4)23-17(21(12)11-13-8-9-13)20-16(22)14-7-5-6-10-19-14/h5-7,10,13H,8-9,11H2,1-4H3/b20-17-. The van der Waals surface area contributed by atoms with E-state index in [4.69, 9.17) is 0 Å². The third kappa shape index (κ3) is 3.61. The number of thiazole rings is 1. The lowest BCUT2D eigenvalue weighted by Gasteiger charge is -2.17. The molecule has 2 aromatic rings. The molecule has 1 aliphatic rings. The molecule has 1 fully saturated rings. The van der Waals surface area contributed by atoms with Crippen molar-refractivity contribution in [3.8, 4) is 0 Å². The minimum atomic E-state index is -0.267. The highest BCUT2D eigenvalue weighted by Crippen LogP contribution is 2.33. The average Bonchev–Trinajstić information content (AvgIpc) is 3.26. The molecule has 122 valence electrons. The van der Waals surface area contributed by atoms with E-state index >= 15 is 0 Å². The molecule has 3 rings (SSSR count). The summed E-state index contributed by atoms with van der Waals surface area (Å²) >= 11 is 1.63. The van der Waals surface area contributed by atoms with Crippen LogP contribution < -0.4 is 4.80 Å². The van der Waals surface area contributed by atoms with Crippen LogP contribution >= 0.6 is 11.3 Å². The van der Waals surface area contributed by atoms with Crippen molar-refractivity contribution in [2.24, 2.45) is 10.9 Å². The third-order valence-corrected chi connectivity index (χ3v) is 5.66. The molecule has 1 aliphatic carbocycles. The van der Waals surface area contributed by atoms with E-state index in [1.165, 1.54) is 23.4 Å².